The third kappa shape index (κ3) is 3.91. The number of hydrogen-bond donors (Lipinski definition) is 3. The minimum atomic E-state index is -1.09. The van der Waals surface area contributed by atoms with Crippen LogP contribution in [0.5, 0.6) is 0 Å². The van der Waals surface area contributed by atoms with Crippen LogP contribution in [0.25, 0.3) is 0 Å². The Morgan fingerprint density at radius 2 is 2.05 bits per heavy atom. The fraction of sp³-hybridized carbons (Fsp3) is 0.846. The number of nitrogens with two attached hydrogens (primary N) is 1. The molecular weight excluding hydrogens is 248 g/mol. The second kappa shape index (κ2) is 6.86. The molecule has 1 fully saturated rings. The maximum absolute atomic E-state index is 12.3. The van der Waals surface area contributed by atoms with E-state index in [1.807, 2.05) is 0 Å². The Kier molecular flexibility index (Phi) is 5.75. The lowest BCUT2D eigenvalue weighted by Crippen LogP contribution is -2.53. The molecule has 4 N–H and O–H groups in total. The van der Waals surface area contributed by atoms with Gasteiger partial charge in [-0.05, 0) is 31.6 Å². The van der Waals surface area contributed by atoms with Gasteiger partial charge >= 0.3 is 5.97 Å². The van der Waals surface area contributed by atoms with Gasteiger partial charge in [-0.25, -0.2) is 4.79 Å². The quantitative estimate of drug-likeness (QED) is 0.648. The third-order valence-electron chi connectivity index (χ3n) is 4.04. The number of methoxy groups -OCH3 is 1. The molecule has 0 aromatic rings. The molecule has 0 saturated heterocycles. The predicted octanol–water partition coefficient (Wildman–Crippen LogP) is 0.357. The molecule has 0 aromatic carbocycles. The van der Waals surface area contributed by atoms with Gasteiger partial charge in [0.25, 0.3) is 0 Å². The summed E-state index contributed by atoms with van der Waals surface area (Å²) in [6.07, 6.45) is 3.34. The van der Waals surface area contributed by atoms with E-state index in [0.29, 0.717) is 5.92 Å². The summed E-state index contributed by atoms with van der Waals surface area (Å²) < 4.78 is 4.81. The number of hydrogen-bond acceptors (Lipinski definition) is 4. The van der Waals surface area contributed by atoms with Gasteiger partial charge in [-0.2, -0.15) is 0 Å². The van der Waals surface area contributed by atoms with Crippen molar-refractivity contribution in [2.45, 2.75) is 38.6 Å². The molecule has 1 amide bonds. The molecule has 6 nitrogen and oxygen atoms in total. The first-order valence-corrected chi connectivity index (χ1v) is 6.68. The lowest BCUT2D eigenvalue weighted by molar-refractivity contribution is -0.146. The van der Waals surface area contributed by atoms with Crippen LogP contribution in [0.2, 0.25) is 0 Å². The van der Waals surface area contributed by atoms with E-state index in [-0.39, 0.29) is 19.1 Å². The SMILES string of the molecule is COCC(NC(=O)C1(CN)CCC(C)CC1)C(=O)O. The van der Waals surface area contributed by atoms with Crippen LogP contribution in [0.15, 0.2) is 0 Å². The van der Waals surface area contributed by atoms with E-state index < -0.39 is 17.4 Å². The maximum Gasteiger partial charge on any atom is 0.328 e. The number of carboxylic acids is 1. The Labute approximate surface area is 113 Å². The number of ether oxygens (including phenoxy) is 1. The van der Waals surface area contributed by atoms with Crippen LogP contribution < -0.4 is 11.1 Å². The molecule has 0 spiro atoms. The van der Waals surface area contributed by atoms with Crippen LogP contribution in [0.4, 0.5) is 0 Å². The van der Waals surface area contributed by atoms with Crippen LogP contribution in [0.3, 0.4) is 0 Å². The number of carboxylic acid groups (broad SMARTS) is 1. The Balaban J connectivity index is 2.70. The second-order valence-corrected chi connectivity index (χ2v) is 5.49. The minimum Gasteiger partial charge on any atom is -0.480 e. The van der Waals surface area contributed by atoms with Crippen molar-refractivity contribution in [3.63, 3.8) is 0 Å². The number of carbonyl (C=O) groups excluding carboxylic acids is 1. The van der Waals surface area contributed by atoms with E-state index in [1.54, 1.807) is 0 Å². The maximum atomic E-state index is 12.3. The second-order valence-electron chi connectivity index (χ2n) is 5.49. The summed E-state index contributed by atoms with van der Waals surface area (Å²) in [6, 6.07) is -1.01. The van der Waals surface area contributed by atoms with Gasteiger partial charge in [-0.1, -0.05) is 6.92 Å². The normalized spacial score (nSPS) is 28.7. The lowest BCUT2D eigenvalue weighted by atomic mass is 9.70. The van der Waals surface area contributed by atoms with Crippen LogP contribution in [-0.2, 0) is 14.3 Å². The molecule has 19 heavy (non-hydrogen) atoms. The van der Waals surface area contributed by atoms with Gasteiger partial charge in [-0.15, -0.1) is 0 Å². The van der Waals surface area contributed by atoms with Gasteiger partial charge in [0.1, 0.15) is 0 Å². The summed E-state index contributed by atoms with van der Waals surface area (Å²) >= 11 is 0. The summed E-state index contributed by atoms with van der Waals surface area (Å²) in [4.78, 5) is 23.4. The Morgan fingerprint density at radius 1 is 1.47 bits per heavy atom. The number of rotatable bonds is 6. The zero-order valence-electron chi connectivity index (χ0n) is 11.6. The van der Waals surface area contributed by atoms with Gasteiger partial charge in [-0.3, -0.25) is 4.79 Å². The van der Waals surface area contributed by atoms with Gasteiger partial charge in [0, 0.05) is 13.7 Å². The number of nitrogens with one attached hydrogen (secondary N) is 1. The first kappa shape index (κ1) is 15.9. The first-order valence-electron chi connectivity index (χ1n) is 6.68. The molecule has 0 aliphatic heterocycles. The summed E-state index contributed by atoms with van der Waals surface area (Å²) in [5, 5.41) is 11.6. The van der Waals surface area contributed by atoms with Crippen molar-refractivity contribution >= 4 is 11.9 Å². The fourth-order valence-corrected chi connectivity index (χ4v) is 2.49. The van der Waals surface area contributed by atoms with Gasteiger partial charge in [0.2, 0.25) is 5.91 Å². The summed E-state index contributed by atoms with van der Waals surface area (Å²) in [5.41, 5.74) is 5.15. The van der Waals surface area contributed by atoms with Crippen molar-refractivity contribution in [2.24, 2.45) is 17.1 Å². The average molecular weight is 272 g/mol. The van der Waals surface area contributed by atoms with E-state index in [2.05, 4.69) is 12.2 Å². The molecule has 1 aliphatic rings. The molecule has 110 valence electrons. The molecule has 0 radical (unpaired) electrons. The summed E-state index contributed by atoms with van der Waals surface area (Å²) in [7, 11) is 1.41. The van der Waals surface area contributed by atoms with Crippen LogP contribution in [0, 0.1) is 11.3 Å². The Morgan fingerprint density at radius 3 is 2.47 bits per heavy atom. The molecule has 6 heteroatoms. The molecule has 1 saturated carbocycles. The first-order chi connectivity index (χ1) is 8.95. The van der Waals surface area contributed by atoms with E-state index in [9.17, 15) is 9.59 Å². The largest absolute Gasteiger partial charge is 0.480 e. The van der Waals surface area contributed by atoms with E-state index >= 15 is 0 Å². The van der Waals surface area contributed by atoms with Crippen molar-refractivity contribution in [1.29, 1.82) is 0 Å². The molecule has 1 atom stereocenters. The zero-order chi connectivity index (χ0) is 14.5. The highest BCUT2D eigenvalue weighted by Crippen LogP contribution is 2.38. The molecule has 1 unspecified atom stereocenters. The highest BCUT2D eigenvalue weighted by atomic mass is 16.5. The Hall–Kier alpha value is -1.14. The number of carbonyl (C=O) groups is 2. The average Bonchev–Trinajstić information content (AvgIpc) is 2.39. The highest BCUT2D eigenvalue weighted by molar-refractivity contribution is 5.87. The third-order valence-corrected chi connectivity index (χ3v) is 4.04. The minimum absolute atomic E-state index is 0.0435. The zero-order valence-corrected chi connectivity index (χ0v) is 11.6. The molecule has 0 bridgehead atoms. The molecule has 1 rings (SSSR count). The smallest absolute Gasteiger partial charge is 0.328 e. The molecule has 0 aromatic heterocycles. The van der Waals surface area contributed by atoms with Crippen molar-refractivity contribution in [3.05, 3.63) is 0 Å². The van der Waals surface area contributed by atoms with E-state index in [1.165, 1.54) is 7.11 Å². The Bertz CT molecular complexity index is 325. The van der Waals surface area contributed by atoms with Gasteiger partial charge in [0.05, 0.1) is 12.0 Å². The summed E-state index contributed by atoms with van der Waals surface area (Å²) in [6.45, 7) is 2.37. The van der Waals surface area contributed by atoms with Crippen molar-refractivity contribution < 1.29 is 19.4 Å². The number of aliphatic carboxylic acids is 1. The van der Waals surface area contributed by atoms with E-state index in [0.717, 1.165) is 25.7 Å². The van der Waals surface area contributed by atoms with Crippen molar-refractivity contribution in [2.75, 3.05) is 20.3 Å². The summed E-state index contributed by atoms with van der Waals surface area (Å²) in [5.74, 6) is -0.750. The van der Waals surface area contributed by atoms with Crippen molar-refractivity contribution in [1.82, 2.24) is 5.32 Å². The van der Waals surface area contributed by atoms with Crippen LogP contribution >= 0.6 is 0 Å². The van der Waals surface area contributed by atoms with Gasteiger partial charge < -0.3 is 20.9 Å². The molecular formula is C13H24N2O4. The topological polar surface area (TPSA) is 102 Å². The fourth-order valence-electron chi connectivity index (χ4n) is 2.49. The highest BCUT2D eigenvalue weighted by Gasteiger charge is 2.41. The van der Waals surface area contributed by atoms with Gasteiger partial charge in [0.15, 0.2) is 6.04 Å². The number of amides is 1. The van der Waals surface area contributed by atoms with E-state index in [4.69, 9.17) is 15.6 Å². The predicted molar refractivity (Wildman–Crippen MR) is 70.6 cm³/mol. The van der Waals surface area contributed by atoms with Crippen LogP contribution in [0.1, 0.15) is 32.6 Å². The van der Waals surface area contributed by atoms with Crippen LogP contribution in [-0.4, -0.2) is 43.3 Å². The lowest BCUT2D eigenvalue weighted by Gasteiger charge is -2.37. The monoisotopic (exact) mass is 272 g/mol. The molecule has 1 aliphatic carbocycles. The van der Waals surface area contributed by atoms with Crippen molar-refractivity contribution in [3.8, 4) is 0 Å². The molecule has 0 heterocycles. The standard InChI is InChI=1S/C13H24N2O4/c1-9-3-5-13(8-14,6-4-9)12(18)15-10(7-19-2)11(16)17/h9-10H,3-8,14H2,1-2H3,(H,15,18)(H,16,17).